The van der Waals surface area contributed by atoms with E-state index < -0.39 is 0 Å². The lowest BCUT2D eigenvalue weighted by molar-refractivity contribution is -0.121. The van der Waals surface area contributed by atoms with Crippen molar-refractivity contribution in [3.05, 3.63) is 35.4 Å². The number of carbonyl (C=O) groups is 1. The van der Waals surface area contributed by atoms with E-state index >= 15 is 0 Å². The largest absolute Gasteiger partial charge is 0.375 e. The van der Waals surface area contributed by atoms with Crippen LogP contribution in [0.25, 0.3) is 0 Å². The maximum Gasteiger partial charge on any atom is 0.220 e. The molecule has 2 aliphatic rings. The molecule has 1 aromatic carbocycles. The fraction of sp³-hybridized carbons (Fsp3) is 0.562. The van der Waals surface area contributed by atoms with E-state index in [0.717, 1.165) is 25.8 Å². The van der Waals surface area contributed by atoms with Crippen LogP contribution in [-0.4, -0.2) is 25.1 Å². The first-order valence-corrected chi connectivity index (χ1v) is 7.51. The summed E-state index contributed by atoms with van der Waals surface area (Å²) in [5.74, 6) is 0.189. The molecule has 0 aromatic heterocycles. The van der Waals surface area contributed by atoms with Crippen LogP contribution in [0.5, 0.6) is 0 Å². The molecule has 1 amide bonds. The SMILES string of the molecule is O=C(CCCNC1COCc2ccccc21)NC1CC1. The van der Waals surface area contributed by atoms with Crippen molar-refractivity contribution < 1.29 is 9.53 Å². The molecule has 0 bridgehead atoms. The maximum absolute atomic E-state index is 11.6. The first-order chi connectivity index (χ1) is 9.83. The summed E-state index contributed by atoms with van der Waals surface area (Å²) in [5, 5.41) is 6.51. The second kappa shape index (κ2) is 6.37. The summed E-state index contributed by atoms with van der Waals surface area (Å²) in [6.07, 6.45) is 3.79. The van der Waals surface area contributed by atoms with Crippen molar-refractivity contribution in [1.29, 1.82) is 0 Å². The van der Waals surface area contributed by atoms with Crippen molar-refractivity contribution in [2.75, 3.05) is 13.2 Å². The Morgan fingerprint density at radius 3 is 3.00 bits per heavy atom. The molecule has 1 aliphatic carbocycles. The molecule has 1 aliphatic heterocycles. The van der Waals surface area contributed by atoms with Crippen LogP contribution >= 0.6 is 0 Å². The third-order valence-electron chi connectivity index (χ3n) is 3.89. The van der Waals surface area contributed by atoms with Gasteiger partial charge >= 0.3 is 0 Å². The van der Waals surface area contributed by atoms with Crippen molar-refractivity contribution in [3.8, 4) is 0 Å². The Bertz CT molecular complexity index is 471. The second-order valence-electron chi connectivity index (χ2n) is 5.67. The molecular formula is C16H22N2O2. The van der Waals surface area contributed by atoms with E-state index in [2.05, 4.69) is 28.8 Å². The van der Waals surface area contributed by atoms with Gasteiger partial charge in [0.15, 0.2) is 0 Å². The molecule has 108 valence electrons. The second-order valence-corrected chi connectivity index (χ2v) is 5.67. The van der Waals surface area contributed by atoms with Gasteiger partial charge in [-0.1, -0.05) is 24.3 Å². The van der Waals surface area contributed by atoms with Gasteiger partial charge in [-0.2, -0.15) is 0 Å². The average molecular weight is 274 g/mol. The van der Waals surface area contributed by atoms with Crippen LogP contribution in [0.15, 0.2) is 24.3 Å². The van der Waals surface area contributed by atoms with Crippen LogP contribution in [0.3, 0.4) is 0 Å². The number of ether oxygens (including phenoxy) is 1. The predicted molar refractivity (Wildman–Crippen MR) is 77.2 cm³/mol. The standard InChI is InChI=1S/C16H22N2O2/c19-16(18-13-7-8-13)6-3-9-17-15-11-20-10-12-4-1-2-5-14(12)15/h1-2,4-5,13,15,17H,3,6-11H2,(H,18,19). The lowest BCUT2D eigenvalue weighted by Gasteiger charge is -2.26. The smallest absolute Gasteiger partial charge is 0.220 e. The van der Waals surface area contributed by atoms with E-state index in [1.807, 2.05) is 6.07 Å². The maximum atomic E-state index is 11.6. The molecule has 20 heavy (non-hydrogen) atoms. The van der Waals surface area contributed by atoms with Gasteiger partial charge in [0.1, 0.15) is 0 Å². The summed E-state index contributed by atoms with van der Waals surface area (Å²) in [7, 11) is 0. The number of nitrogens with one attached hydrogen (secondary N) is 2. The van der Waals surface area contributed by atoms with Crippen LogP contribution in [-0.2, 0) is 16.1 Å². The molecule has 4 heteroatoms. The average Bonchev–Trinajstić information content (AvgIpc) is 3.27. The zero-order valence-corrected chi connectivity index (χ0v) is 11.7. The van der Waals surface area contributed by atoms with Gasteiger partial charge in [0, 0.05) is 12.5 Å². The van der Waals surface area contributed by atoms with Gasteiger partial charge in [-0.15, -0.1) is 0 Å². The fourth-order valence-electron chi connectivity index (χ4n) is 2.60. The van der Waals surface area contributed by atoms with Crippen molar-refractivity contribution in [1.82, 2.24) is 10.6 Å². The first kappa shape index (κ1) is 13.6. The van der Waals surface area contributed by atoms with Gasteiger partial charge in [-0.25, -0.2) is 0 Å². The van der Waals surface area contributed by atoms with Crippen molar-refractivity contribution in [3.63, 3.8) is 0 Å². The van der Waals surface area contributed by atoms with E-state index in [0.29, 0.717) is 25.7 Å². The lowest BCUT2D eigenvalue weighted by atomic mass is 9.99. The number of hydrogen-bond acceptors (Lipinski definition) is 3. The molecule has 1 atom stereocenters. The number of hydrogen-bond donors (Lipinski definition) is 2. The van der Waals surface area contributed by atoms with Crippen molar-refractivity contribution in [2.45, 2.75) is 44.4 Å². The lowest BCUT2D eigenvalue weighted by Crippen LogP contribution is -2.31. The highest BCUT2D eigenvalue weighted by Crippen LogP contribution is 2.24. The van der Waals surface area contributed by atoms with Gasteiger partial charge < -0.3 is 15.4 Å². The third kappa shape index (κ3) is 3.58. The van der Waals surface area contributed by atoms with E-state index in [-0.39, 0.29) is 11.9 Å². The molecule has 2 N–H and O–H groups in total. The Morgan fingerprint density at radius 1 is 1.30 bits per heavy atom. The summed E-state index contributed by atoms with van der Waals surface area (Å²) in [6.45, 7) is 2.27. The van der Waals surface area contributed by atoms with E-state index in [1.165, 1.54) is 11.1 Å². The molecular weight excluding hydrogens is 252 g/mol. The molecule has 4 nitrogen and oxygen atoms in total. The highest BCUT2D eigenvalue weighted by atomic mass is 16.5. The monoisotopic (exact) mass is 274 g/mol. The molecule has 1 aromatic rings. The summed E-state index contributed by atoms with van der Waals surface area (Å²) in [6, 6.07) is 9.12. The highest BCUT2D eigenvalue weighted by Gasteiger charge is 2.23. The molecule has 0 spiro atoms. The van der Waals surface area contributed by atoms with E-state index in [1.54, 1.807) is 0 Å². The summed E-state index contributed by atoms with van der Waals surface area (Å²) in [5.41, 5.74) is 2.60. The van der Waals surface area contributed by atoms with Crippen molar-refractivity contribution in [2.24, 2.45) is 0 Å². The summed E-state index contributed by atoms with van der Waals surface area (Å²) < 4.78 is 5.61. The first-order valence-electron chi connectivity index (χ1n) is 7.51. The Morgan fingerprint density at radius 2 is 2.15 bits per heavy atom. The minimum absolute atomic E-state index is 0.189. The van der Waals surface area contributed by atoms with Gasteiger partial charge in [-0.05, 0) is 36.9 Å². The minimum atomic E-state index is 0.189. The number of fused-ring (bicyclic) bond motifs is 1. The summed E-state index contributed by atoms with van der Waals surface area (Å²) in [4.78, 5) is 11.6. The number of benzene rings is 1. The highest BCUT2D eigenvalue weighted by molar-refractivity contribution is 5.76. The van der Waals surface area contributed by atoms with E-state index in [4.69, 9.17) is 4.74 Å². The molecule has 0 saturated heterocycles. The van der Waals surface area contributed by atoms with Crippen molar-refractivity contribution >= 4 is 5.91 Å². The Balaban J connectivity index is 1.41. The number of amides is 1. The van der Waals surface area contributed by atoms with Crippen LogP contribution < -0.4 is 10.6 Å². The molecule has 3 rings (SSSR count). The normalized spacial score (nSPS) is 21.3. The van der Waals surface area contributed by atoms with Gasteiger partial charge in [0.2, 0.25) is 5.91 Å². The van der Waals surface area contributed by atoms with E-state index in [9.17, 15) is 4.79 Å². The Kier molecular flexibility index (Phi) is 4.33. The molecule has 1 unspecified atom stereocenters. The minimum Gasteiger partial charge on any atom is -0.375 e. The van der Waals surface area contributed by atoms with Crippen LogP contribution in [0.1, 0.15) is 42.9 Å². The third-order valence-corrected chi connectivity index (χ3v) is 3.89. The van der Waals surface area contributed by atoms with Crippen LogP contribution in [0, 0.1) is 0 Å². The number of rotatable bonds is 6. The van der Waals surface area contributed by atoms with Gasteiger partial charge in [0.05, 0.1) is 19.3 Å². The Labute approximate surface area is 119 Å². The van der Waals surface area contributed by atoms with Gasteiger partial charge in [0.25, 0.3) is 0 Å². The Hall–Kier alpha value is -1.39. The molecule has 1 saturated carbocycles. The summed E-state index contributed by atoms with van der Waals surface area (Å²) >= 11 is 0. The topological polar surface area (TPSA) is 50.4 Å². The fourth-order valence-corrected chi connectivity index (χ4v) is 2.60. The van der Waals surface area contributed by atoms with Crippen LogP contribution in [0.2, 0.25) is 0 Å². The number of carbonyl (C=O) groups excluding carboxylic acids is 1. The zero-order chi connectivity index (χ0) is 13.8. The molecule has 1 heterocycles. The molecule has 1 fully saturated rings. The quantitative estimate of drug-likeness (QED) is 0.779. The zero-order valence-electron chi connectivity index (χ0n) is 11.7. The predicted octanol–water partition coefficient (Wildman–Crippen LogP) is 1.91. The van der Waals surface area contributed by atoms with Gasteiger partial charge in [-0.3, -0.25) is 4.79 Å². The molecule has 0 radical (unpaired) electrons. The van der Waals surface area contributed by atoms with Crippen LogP contribution in [0.4, 0.5) is 0 Å².